The fourth-order valence-corrected chi connectivity index (χ4v) is 2.76. The van der Waals surface area contributed by atoms with Crippen LogP contribution in [-0.2, 0) is 13.1 Å². The number of hydrogen-bond acceptors (Lipinski definition) is 3. The number of hydrogen-bond donors (Lipinski definition) is 2. The molecule has 0 atom stereocenters. The second kappa shape index (κ2) is 7.57. The summed E-state index contributed by atoms with van der Waals surface area (Å²) in [4.78, 5) is 6.57. The monoisotopic (exact) mass is 316 g/mol. The maximum atomic E-state index is 13.7. The van der Waals surface area contributed by atoms with Crippen molar-refractivity contribution < 1.29 is 4.39 Å². The highest BCUT2D eigenvalue weighted by atomic mass is 32.1. The van der Waals surface area contributed by atoms with Crippen LogP contribution in [0.5, 0.6) is 0 Å². The van der Waals surface area contributed by atoms with Gasteiger partial charge < -0.3 is 10.6 Å². The average molecular weight is 316 g/mol. The van der Waals surface area contributed by atoms with E-state index < -0.39 is 0 Å². The molecule has 114 valence electrons. The van der Waals surface area contributed by atoms with Gasteiger partial charge in [0.1, 0.15) is 5.82 Å². The molecule has 2 N–H and O–H groups in total. The van der Waals surface area contributed by atoms with Crippen LogP contribution in [0, 0.1) is 24.1 Å². The van der Waals surface area contributed by atoms with Crippen molar-refractivity contribution in [3.63, 3.8) is 0 Å². The van der Waals surface area contributed by atoms with Gasteiger partial charge in [0.25, 0.3) is 0 Å². The van der Waals surface area contributed by atoms with E-state index in [-0.39, 0.29) is 12.4 Å². The summed E-state index contributed by atoms with van der Waals surface area (Å²) in [5.74, 6) is 0.253. The van der Waals surface area contributed by atoms with Crippen LogP contribution in [-0.4, -0.2) is 13.0 Å². The van der Waals surface area contributed by atoms with Gasteiger partial charge in [0, 0.05) is 28.9 Å². The zero-order valence-electron chi connectivity index (χ0n) is 12.5. The lowest BCUT2D eigenvalue weighted by molar-refractivity contribution is 0.604. The first kappa shape index (κ1) is 16.0. The molecule has 6 heteroatoms. The smallest absolute Gasteiger partial charge is 0.191 e. The molecule has 4 nitrogen and oxygen atoms in total. The Bertz CT molecular complexity index is 715. The molecule has 0 aliphatic rings. The summed E-state index contributed by atoms with van der Waals surface area (Å²) in [6.45, 7) is 3.00. The van der Waals surface area contributed by atoms with Crippen LogP contribution in [0.4, 0.5) is 4.39 Å². The normalized spacial score (nSPS) is 11.1. The Balaban J connectivity index is 1.93. The van der Waals surface area contributed by atoms with Crippen LogP contribution in [0.2, 0.25) is 0 Å². The summed E-state index contributed by atoms with van der Waals surface area (Å²) in [6, 6.07) is 10.5. The quantitative estimate of drug-likeness (QED) is 0.673. The third-order valence-corrected chi connectivity index (χ3v) is 4.07. The largest absolute Gasteiger partial charge is 0.352 e. The molecule has 0 radical (unpaired) electrons. The zero-order chi connectivity index (χ0) is 15.9. The van der Waals surface area contributed by atoms with Crippen molar-refractivity contribution in [1.29, 1.82) is 5.26 Å². The number of rotatable bonds is 4. The molecule has 0 bridgehead atoms. The van der Waals surface area contributed by atoms with Crippen LogP contribution >= 0.6 is 11.3 Å². The number of halogens is 1. The molecule has 0 amide bonds. The van der Waals surface area contributed by atoms with Crippen LogP contribution < -0.4 is 10.6 Å². The van der Waals surface area contributed by atoms with Gasteiger partial charge in [-0.05, 0) is 37.3 Å². The summed E-state index contributed by atoms with van der Waals surface area (Å²) in [6.07, 6.45) is 0. The highest BCUT2D eigenvalue weighted by molar-refractivity contribution is 7.11. The second-order valence-corrected chi connectivity index (χ2v) is 6.08. The van der Waals surface area contributed by atoms with Crippen molar-refractivity contribution in [1.82, 2.24) is 10.6 Å². The third-order valence-electron chi connectivity index (χ3n) is 3.07. The Morgan fingerprint density at radius 3 is 2.68 bits per heavy atom. The lowest BCUT2D eigenvalue weighted by atomic mass is 10.1. The lowest BCUT2D eigenvalue weighted by Crippen LogP contribution is -2.36. The van der Waals surface area contributed by atoms with Crippen LogP contribution in [0.1, 0.15) is 20.9 Å². The van der Waals surface area contributed by atoms with Crippen molar-refractivity contribution >= 4 is 17.3 Å². The molecular weight excluding hydrogens is 299 g/mol. The molecule has 0 spiro atoms. The Hall–Kier alpha value is -2.39. The van der Waals surface area contributed by atoms with Crippen molar-refractivity contribution in [3.8, 4) is 6.07 Å². The average Bonchev–Trinajstić information content (AvgIpc) is 2.94. The lowest BCUT2D eigenvalue weighted by Gasteiger charge is -2.12. The van der Waals surface area contributed by atoms with E-state index in [1.807, 2.05) is 6.07 Å². The minimum Gasteiger partial charge on any atom is -0.352 e. The number of nitriles is 1. The number of nitrogens with one attached hydrogen (secondary N) is 2. The minimum absolute atomic E-state index is 0.268. The molecular formula is C16H17FN4S. The van der Waals surface area contributed by atoms with Crippen LogP contribution in [0.25, 0.3) is 0 Å². The molecule has 0 aliphatic heterocycles. The summed E-state index contributed by atoms with van der Waals surface area (Å²) in [5, 5.41) is 15.1. The van der Waals surface area contributed by atoms with E-state index in [1.54, 1.807) is 18.4 Å². The van der Waals surface area contributed by atoms with Crippen LogP contribution in [0.15, 0.2) is 35.3 Å². The SMILES string of the molecule is CN=C(NCc1ccc(C)s1)NCc1cc(C#N)ccc1F. The number of aliphatic imine (C=N–C) groups is 1. The van der Waals surface area contributed by atoms with Gasteiger partial charge in [-0.2, -0.15) is 5.26 Å². The first-order valence-electron chi connectivity index (χ1n) is 6.80. The third kappa shape index (κ3) is 4.30. The minimum atomic E-state index is -0.337. The van der Waals surface area contributed by atoms with Gasteiger partial charge in [0.05, 0.1) is 18.2 Å². The van der Waals surface area contributed by atoms with E-state index in [0.29, 0.717) is 23.6 Å². The Morgan fingerprint density at radius 1 is 1.27 bits per heavy atom. The summed E-state index contributed by atoms with van der Waals surface area (Å²) in [5.41, 5.74) is 0.879. The molecule has 2 aromatic rings. The Labute approximate surface area is 133 Å². The predicted molar refractivity (Wildman–Crippen MR) is 87.2 cm³/mol. The number of aryl methyl sites for hydroxylation is 1. The molecule has 1 aromatic carbocycles. The molecule has 1 aromatic heterocycles. The van der Waals surface area contributed by atoms with E-state index in [9.17, 15) is 4.39 Å². The maximum Gasteiger partial charge on any atom is 0.191 e. The van der Waals surface area contributed by atoms with Gasteiger partial charge >= 0.3 is 0 Å². The van der Waals surface area contributed by atoms with E-state index in [2.05, 4.69) is 34.7 Å². The van der Waals surface area contributed by atoms with Gasteiger partial charge in [0.15, 0.2) is 5.96 Å². The number of benzene rings is 1. The van der Waals surface area contributed by atoms with Crippen LogP contribution in [0.3, 0.4) is 0 Å². The number of nitrogens with zero attached hydrogens (tertiary/aromatic N) is 2. The molecule has 0 aliphatic carbocycles. The van der Waals surface area contributed by atoms with Crippen molar-refractivity contribution in [2.24, 2.45) is 4.99 Å². The van der Waals surface area contributed by atoms with E-state index >= 15 is 0 Å². The van der Waals surface area contributed by atoms with Crippen molar-refractivity contribution in [2.45, 2.75) is 20.0 Å². The fraction of sp³-hybridized carbons (Fsp3) is 0.250. The van der Waals surface area contributed by atoms with Crippen molar-refractivity contribution in [2.75, 3.05) is 7.05 Å². The first-order chi connectivity index (χ1) is 10.6. The Morgan fingerprint density at radius 2 is 2.05 bits per heavy atom. The molecule has 22 heavy (non-hydrogen) atoms. The highest BCUT2D eigenvalue weighted by Crippen LogP contribution is 2.14. The van der Waals surface area contributed by atoms with E-state index in [4.69, 9.17) is 5.26 Å². The second-order valence-electron chi connectivity index (χ2n) is 4.71. The van der Waals surface area contributed by atoms with Gasteiger partial charge in [-0.1, -0.05) is 0 Å². The van der Waals surface area contributed by atoms with E-state index in [0.717, 1.165) is 0 Å². The standard InChI is InChI=1S/C16H17FN4S/c1-11-3-5-14(22-11)10-21-16(19-2)20-9-13-7-12(8-18)4-6-15(13)17/h3-7H,9-10H2,1-2H3,(H2,19,20,21). The molecule has 0 fully saturated rings. The van der Waals surface area contributed by atoms with Gasteiger partial charge in [0.2, 0.25) is 0 Å². The fourth-order valence-electron chi connectivity index (χ4n) is 1.93. The summed E-state index contributed by atoms with van der Waals surface area (Å²) in [7, 11) is 1.66. The molecule has 0 saturated heterocycles. The van der Waals surface area contributed by atoms with Gasteiger partial charge in [-0.25, -0.2) is 4.39 Å². The van der Waals surface area contributed by atoms with Crippen molar-refractivity contribution in [3.05, 3.63) is 57.0 Å². The van der Waals surface area contributed by atoms with Gasteiger partial charge in [-0.3, -0.25) is 4.99 Å². The summed E-state index contributed by atoms with van der Waals surface area (Å²) < 4.78 is 13.7. The molecule has 0 saturated carbocycles. The predicted octanol–water partition coefficient (Wildman–Crippen LogP) is 2.93. The number of thiophene rings is 1. The van der Waals surface area contributed by atoms with Gasteiger partial charge in [-0.15, -0.1) is 11.3 Å². The molecule has 1 heterocycles. The topological polar surface area (TPSA) is 60.2 Å². The highest BCUT2D eigenvalue weighted by Gasteiger charge is 2.05. The molecule has 0 unspecified atom stereocenters. The first-order valence-corrected chi connectivity index (χ1v) is 7.62. The van der Waals surface area contributed by atoms with E-state index in [1.165, 1.54) is 28.0 Å². The molecule has 2 rings (SSSR count). The maximum absolute atomic E-state index is 13.7. The summed E-state index contributed by atoms with van der Waals surface area (Å²) >= 11 is 1.72. The number of guanidine groups is 1. The zero-order valence-corrected chi connectivity index (χ0v) is 13.3. The Kier molecular flexibility index (Phi) is 5.50.